The van der Waals surface area contributed by atoms with Crippen LogP contribution in [0.2, 0.25) is 0 Å². The summed E-state index contributed by atoms with van der Waals surface area (Å²) in [4.78, 5) is 0. The average molecular weight is 232 g/mol. The summed E-state index contributed by atoms with van der Waals surface area (Å²) in [6, 6.07) is 0. The van der Waals surface area contributed by atoms with E-state index in [1.165, 1.54) is 50.0 Å². The fourth-order valence-corrected chi connectivity index (χ4v) is 4.99. The van der Waals surface area contributed by atoms with E-state index in [9.17, 15) is 0 Å². The maximum absolute atomic E-state index is 2.30. The largest absolute Gasteiger partial charge is 0.157 e. The van der Waals surface area contributed by atoms with Gasteiger partial charge in [0, 0.05) is 22.0 Å². The molecule has 1 aliphatic rings. The molecule has 0 nitrogen and oxygen atoms in total. The Hall–Kier alpha value is 0.700. The molecule has 2 heteroatoms. The highest BCUT2D eigenvalue weighted by Gasteiger charge is 2.20. The zero-order valence-corrected chi connectivity index (χ0v) is 11.3. The third-order valence-corrected chi connectivity index (χ3v) is 6.15. The van der Waals surface area contributed by atoms with E-state index in [4.69, 9.17) is 0 Å². The Balaban J connectivity index is 2.05. The van der Waals surface area contributed by atoms with Gasteiger partial charge in [-0.2, -0.15) is 23.5 Å². The second kappa shape index (κ2) is 7.92. The van der Waals surface area contributed by atoms with Crippen molar-refractivity contribution in [2.24, 2.45) is 0 Å². The lowest BCUT2D eigenvalue weighted by molar-refractivity contribution is 0.693. The summed E-state index contributed by atoms with van der Waals surface area (Å²) in [6.45, 7) is 4.59. The highest BCUT2D eigenvalue weighted by Crippen LogP contribution is 2.34. The van der Waals surface area contributed by atoms with Gasteiger partial charge in [0.05, 0.1) is 0 Å². The van der Waals surface area contributed by atoms with Crippen LogP contribution in [0.3, 0.4) is 0 Å². The predicted octanol–water partition coefficient (Wildman–Crippen LogP) is 4.58. The van der Waals surface area contributed by atoms with E-state index in [-0.39, 0.29) is 0 Å². The molecule has 0 radical (unpaired) electrons. The first kappa shape index (κ1) is 12.8. The van der Waals surface area contributed by atoms with Gasteiger partial charge in [-0.1, -0.05) is 39.5 Å². The molecule has 84 valence electrons. The molecule has 1 aliphatic heterocycles. The van der Waals surface area contributed by atoms with E-state index in [0.29, 0.717) is 0 Å². The number of unbranched alkanes of at least 4 members (excludes halogenated alkanes) is 2. The zero-order chi connectivity index (χ0) is 10.2. The molecule has 0 bridgehead atoms. The van der Waals surface area contributed by atoms with Gasteiger partial charge in [0.1, 0.15) is 0 Å². The molecule has 14 heavy (non-hydrogen) atoms. The predicted molar refractivity (Wildman–Crippen MR) is 71.5 cm³/mol. The second-order valence-electron chi connectivity index (χ2n) is 4.20. The van der Waals surface area contributed by atoms with Crippen molar-refractivity contribution < 1.29 is 0 Å². The Labute approximate surface area is 98.0 Å². The Morgan fingerprint density at radius 2 is 1.29 bits per heavy atom. The van der Waals surface area contributed by atoms with Crippen molar-refractivity contribution in [3.63, 3.8) is 0 Å². The van der Waals surface area contributed by atoms with Gasteiger partial charge in [-0.15, -0.1) is 0 Å². The minimum atomic E-state index is 0.970. The van der Waals surface area contributed by atoms with Crippen LogP contribution >= 0.6 is 23.5 Å². The van der Waals surface area contributed by atoms with Gasteiger partial charge < -0.3 is 0 Å². The third-order valence-electron chi connectivity index (χ3n) is 2.79. The number of hydrogen-bond donors (Lipinski definition) is 0. The molecule has 1 saturated heterocycles. The number of thioether (sulfide) groups is 2. The highest BCUT2D eigenvalue weighted by molar-refractivity contribution is 8.07. The topological polar surface area (TPSA) is 0 Å². The van der Waals surface area contributed by atoms with E-state index in [1.807, 2.05) is 0 Å². The normalized spacial score (nSPS) is 27.9. The quantitative estimate of drug-likeness (QED) is 0.657. The molecular formula is C12H24S2. The van der Waals surface area contributed by atoms with Crippen LogP contribution in [0.15, 0.2) is 0 Å². The molecule has 0 aromatic heterocycles. The first-order chi connectivity index (χ1) is 6.86. The van der Waals surface area contributed by atoms with Crippen LogP contribution in [0, 0.1) is 0 Å². The highest BCUT2D eigenvalue weighted by atomic mass is 32.2. The Bertz CT molecular complexity index is 112. The van der Waals surface area contributed by atoms with Crippen molar-refractivity contribution >= 4 is 23.5 Å². The van der Waals surface area contributed by atoms with Gasteiger partial charge in [0.25, 0.3) is 0 Å². The zero-order valence-electron chi connectivity index (χ0n) is 9.63. The minimum absolute atomic E-state index is 0.970. The molecular weight excluding hydrogens is 208 g/mol. The number of rotatable bonds is 6. The molecule has 0 aromatic carbocycles. The Kier molecular flexibility index (Phi) is 7.23. The fourth-order valence-electron chi connectivity index (χ4n) is 1.78. The van der Waals surface area contributed by atoms with Crippen LogP contribution in [0.25, 0.3) is 0 Å². The molecule has 2 atom stereocenters. The van der Waals surface area contributed by atoms with Crippen LogP contribution in [0.4, 0.5) is 0 Å². The lowest BCUT2D eigenvalue weighted by Crippen LogP contribution is -2.21. The number of hydrogen-bond acceptors (Lipinski definition) is 2. The lowest BCUT2D eigenvalue weighted by atomic mass is 10.2. The first-order valence-corrected chi connectivity index (χ1v) is 8.19. The van der Waals surface area contributed by atoms with E-state index < -0.39 is 0 Å². The van der Waals surface area contributed by atoms with Gasteiger partial charge in [-0.3, -0.25) is 0 Å². The van der Waals surface area contributed by atoms with Gasteiger partial charge in [0.2, 0.25) is 0 Å². The van der Waals surface area contributed by atoms with Crippen LogP contribution < -0.4 is 0 Å². The van der Waals surface area contributed by atoms with Gasteiger partial charge in [-0.25, -0.2) is 0 Å². The van der Waals surface area contributed by atoms with Crippen LogP contribution in [0.1, 0.15) is 52.4 Å². The smallest absolute Gasteiger partial charge is 0.0138 e. The summed E-state index contributed by atoms with van der Waals surface area (Å²) >= 11 is 4.48. The van der Waals surface area contributed by atoms with Crippen LogP contribution in [-0.2, 0) is 0 Å². The van der Waals surface area contributed by atoms with Crippen LogP contribution in [0.5, 0.6) is 0 Å². The van der Waals surface area contributed by atoms with Crippen molar-refractivity contribution in [1.82, 2.24) is 0 Å². The van der Waals surface area contributed by atoms with E-state index in [1.54, 1.807) is 0 Å². The van der Waals surface area contributed by atoms with E-state index in [2.05, 4.69) is 37.4 Å². The molecule has 0 aromatic rings. The standard InChI is InChI=1S/C12H24S2/c1-3-5-7-11-9-14-12(10-13-11)8-6-4-2/h11-12H,3-10H2,1-2H3. The van der Waals surface area contributed by atoms with Crippen molar-refractivity contribution in [1.29, 1.82) is 0 Å². The Morgan fingerprint density at radius 1 is 0.857 bits per heavy atom. The van der Waals surface area contributed by atoms with Crippen molar-refractivity contribution in [2.45, 2.75) is 62.9 Å². The SMILES string of the molecule is CCCCC1CSC(CCCC)CS1. The molecule has 0 aliphatic carbocycles. The maximum atomic E-state index is 2.30. The second-order valence-corrected chi connectivity index (χ2v) is 6.86. The lowest BCUT2D eigenvalue weighted by Gasteiger charge is -2.27. The average Bonchev–Trinajstić information content (AvgIpc) is 2.25. The summed E-state index contributed by atoms with van der Waals surface area (Å²) in [5.41, 5.74) is 0. The maximum Gasteiger partial charge on any atom is 0.0138 e. The van der Waals surface area contributed by atoms with Gasteiger partial charge in [-0.05, 0) is 12.8 Å². The minimum Gasteiger partial charge on any atom is -0.157 e. The molecule has 0 saturated carbocycles. The van der Waals surface area contributed by atoms with E-state index >= 15 is 0 Å². The van der Waals surface area contributed by atoms with Crippen LogP contribution in [-0.4, -0.2) is 22.0 Å². The molecule has 2 unspecified atom stereocenters. The Morgan fingerprint density at radius 3 is 1.57 bits per heavy atom. The van der Waals surface area contributed by atoms with Gasteiger partial charge >= 0.3 is 0 Å². The summed E-state index contributed by atoms with van der Waals surface area (Å²) < 4.78 is 0. The van der Waals surface area contributed by atoms with Crippen molar-refractivity contribution in [3.8, 4) is 0 Å². The molecule has 1 heterocycles. The van der Waals surface area contributed by atoms with Gasteiger partial charge in [0.15, 0.2) is 0 Å². The molecule has 0 spiro atoms. The first-order valence-electron chi connectivity index (χ1n) is 6.10. The van der Waals surface area contributed by atoms with Crippen molar-refractivity contribution in [2.75, 3.05) is 11.5 Å². The summed E-state index contributed by atoms with van der Waals surface area (Å²) in [7, 11) is 0. The molecule has 0 amide bonds. The molecule has 1 fully saturated rings. The monoisotopic (exact) mass is 232 g/mol. The summed E-state index contributed by atoms with van der Waals surface area (Å²) in [5, 5.41) is 1.94. The third kappa shape index (κ3) is 4.97. The fraction of sp³-hybridized carbons (Fsp3) is 1.00. The summed E-state index contributed by atoms with van der Waals surface area (Å²) in [5.74, 6) is 2.83. The molecule has 0 N–H and O–H groups in total. The molecule has 1 rings (SSSR count). The summed E-state index contributed by atoms with van der Waals surface area (Å²) in [6.07, 6.45) is 8.49. The van der Waals surface area contributed by atoms with E-state index in [0.717, 1.165) is 10.5 Å². The van der Waals surface area contributed by atoms with Crippen molar-refractivity contribution in [3.05, 3.63) is 0 Å².